The molecular weight excluding hydrogens is 331 g/mol. The molecule has 0 saturated carbocycles. The number of thiazole rings is 1. The summed E-state index contributed by atoms with van der Waals surface area (Å²) in [7, 11) is 1.72. The summed E-state index contributed by atoms with van der Waals surface area (Å²) in [6.07, 6.45) is -0.170. The summed E-state index contributed by atoms with van der Waals surface area (Å²) in [6, 6.07) is 6.27. The third kappa shape index (κ3) is 2.62. The van der Waals surface area contributed by atoms with Crippen LogP contribution in [0, 0.1) is 12.7 Å². The fourth-order valence-corrected chi connectivity index (χ4v) is 3.71. The van der Waals surface area contributed by atoms with Gasteiger partial charge in [-0.25, -0.2) is 14.2 Å². The molecule has 1 aliphatic rings. The molecule has 24 heavy (non-hydrogen) atoms. The van der Waals surface area contributed by atoms with Crippen LogP contribution in [0.15, 0.2) is 24.3 Å². The van der Waals surface area contributed by atoms with E-state index in [1.54, 1.807) is 19.2 Å². The van der Waals surface area contributed by atoms with E-state index in [0.717, 1.165) is 21.0 Å². The molecule has 1 aliphatic heterocycles. The average molecular weight is 346 g/mol. The lowest BCUT2D eigenvalue weighted by Gasteiger charge is -2.38. The summed E-state index contributed by atoms with van der Waals surface area (Å²) < 4.78 is 21.1. The van der Waals surface area contributed by atoms with Crippen LogP contribution < -0.4 is 4.90 Å². The van der Waals surface area contributed by atoms with Crippen LogP contribution in [-0.2, 0) is 11.8 Å². The Labute approximate surface area is 141 Å². The molecule has 2 aromatic heterocycles. The highest BCUT2D eigenvalue weighted by atomic mass is 32.1. The Morgan fingerprint density at radius 3 is 2.88 bits per heavy atom. The van der Waals surface area contributed by atoms with Crippen molar-refractivity contribution in [2.24, 2.45) is 7.05 Å². The summed E-state index contributed by atoms with van der Waals surface area (Å²) in [4.78, 5) is 18.7. The number of carbonyl (C=O) groups is 1. The second-order valence-electron chi connectivity index (χ2n) is 5.84. The van der Waals surface area contributed by atoms with E-state index in [-0.39, 0.29) is 17.9 Å². The average Bonchev–Trinajstić information content (AvgIpc) is 3.04. The van der Waals surface area contributed by atoms with Gasteiger partial charge in [0.1, 0.15) is 17.6 Å². The van der Waals surface area contributed by atoms with Crippen molar-refractivity contribution < 1.29 is 13.9 Å². The van der Waals surface area contributed by atoms with Crippen LogP contribution >= 0.6 is 11.3 Å². The van der Waals surface area contributed by atoms with Gasteiger partial charge < -0.3 is 9.64 Å². The molecule has 0 radical (unpaired) electrons. The molecule has 3 heterocycles. The van der Waals surface area contributed by atoms with Gasteiger partial charge in [-0.2, -0.15) is 5.10 Å². The molecule has 0 spiro atoms. The molecule has 0 N–H and O–H groups in total. The van der Waals surface area contributed by atoms with Crippen LogP contribution in [0.5, 0.6) is 0 Å². The Morgan fingerprint density at radius 1 is 1.38 bits per heavy atom. The van der Waals surface area contributed by atoms with E-state index in [4.69, 9.17) is 4.74 Å². The van der Waals surface area contributed by atoms with Gasteiger partial charge in [-0.1, -0.05) is 11.3 Å². The molecule has 1 fully saturated rings. The predicted molar refractivity (Wildman–Crippen MR) is 88.9 cm³/mol. The van der Waals surface area contributed by atoms with E-state index in [1.165, 1.54) is 28.2 Å². The quantitative estimate of drug-likeness (QED) is 0.682. The third-order valence-electron chi connectivity index (χ3n) is 3.94. The van der Waals surface area contributed by atoms with Gasteiger partial charge in [0.25, 0.3) is 0 Å². The molecule has 1 saturated heterocycles. The number of hydrogen-bond acceptors (Lipinski definition) is 6. The molecule has 1 aromatic carbocycles. The molecule has 124 valence electrons. The fourth-order valence-electron chi connectivity index (χ4n) is 2.70. The van der Waals surface area contributed by atoms with E-state index in [1.807, 2.05) is 11.8 Å². The van der Waals surface area contributed by atoms with Crippen molar-refractivity contribution in [1.29, 1.82) is 0 Å². The Bertz CT molecular complexity index is 929. The number of ether oxygens (including phenoxy) is 1. The van der Waals surface area contributed by atoms with Crippen LogP contribution in [0.1, 0.15) is 16.2 Å². The summed E-state index contributed by atoms with van der Waals surface area (Å²) in [5.41, 5.74) is 2.00. The lowest BCUT2D eigenvalue weighted by molar-refractivity contribution is 0.0222. The SMILES string of the molecule is Cc1cc(C(=O)OC2CN(c3nc4ccc(F)cc4s3)C2)n(C)n1. The monoisotopic (exact) mass is 346 g/mol. The smallest absolute Gasteiger partial charge is 0.356 e. The zero-order valence-corrected chi connectivity index (χ0v) is 14.0. The van der Waals surface area contributed by atoms with Gasteiger partial charge in [0.2, 0.25) is 0 Å². The number of anilines is 1. The number of hydrogen-bond donors (Lipinski definition) is 0. The molecule has 3 aromatic rings. The number of aryl methyl sites for hydroxylation is 2. The number of fused-ring (bicyclic) bond motifs is 1. The topological polar surface area (TPSA) is 60.2 Å². The first-order valence-corrected chi connectivity index (χ1v) is 8.34. The van der Waals surface area contributed by atoms with E-state index < -0.39 is 0 Å². The van der Waals surface area contributed by atoms with Crippen LogP contribution in [-0.4, -0.2) is 39.9 Å². The van der Waals surface area contributed by atoms with Crippen LogP contribution in [0.3, 0.4) is 0 Å². The molecule has 0 bridgehead atoms. The van der Waals surface area contributed by atoms with Crippen LogP contribution in [0.25, 0.3) is 10.2 Å². The first-order chi connectivity index (χ1) is 11.5. The molecule has 0 unspecified atom stereocenters. The predicted octanol–water partition coefficient (Wildman–Crippen LogP) is 2.52. The Hall–Kier alpha value is -2.48. The normalized spacial score (nSPS) is 14.9. The van der Waals surface area contributed by atoms with Gasteiger partial charge in [0, 0.05) is 7.05 Å². The highest BCUT2D eigenvalue weighted by molar-refractivity contribution is 7.22. The minimum Gasteiger partial charge on any atom is -0.454 e. The van der Waals surface area contributed by atoms with E-state index >= 15 is 0 Å². The zero-order valence-electron chi connectivity index (χ0n) is 13.2. The van der Waals surface area contributed by atoms with Gasteiger partial charge in [0.15, 0.2) is 5.13 Å². The van der Waals surface area contributed by atoms with Gasteiger partial charge in [0.05, 0.1) is 29.0 Å². The number of esters is 1. The van der Waals surface area contributed by atoms with Gasteiger partial charge in [-0.05, 0) is 31.2 Å². The van der Waals surface area contributed by atoms with Crippen molar-refractivity contribution in [3.05, 3.63) is 41.5 Å². The molecule has 0 atom stereocenters. The molecule has 6 nitrogen and oxygen atoms in total. The van der Waals surface area contributed by atoms with Crippen LogP contribution in [0.4, 0.5) is 9.52 Å². The summed E-state index contributed by atoms with van der Waals surface area (Å²) in [5.74, 6) is -0.631. The number of nitrogens with zero attached hydrogens (tertiary/aromatic N) is 4. The Balaban J connectivity index is 1.40. The molecular formula is C16H15FN4O2S. The third-order valence-corrected chi connectivity index (χ3v) is 5.02. The maximum Gasteiger partial charge on any atom is 0.356 e. The van der Waals surface area contributed by atoms with Crippen molar-refractivity contribution >= 4 is 32.7 Å². The molecule has 0 aliphatic carbocycles. The first kappa shape index (κ1) is 15.1. The highest BCUT2D eigenvalue weighted by Gasteiger charge is 2.33. The maximum absolute atomic E-state index is 13.2. The lowest BCUT2D eigenvalue weighted by Crippen LogP contribution is -2.53. The number of benzene rings is 1. The fraction of sp³-hybridized carbons (Fsp3) is 0.312. The second kappa shape index (κ2) is 5.55. The van der Waals surface area contributed by atoms with Gasteiger partial charge in [-0.3, -0.25) is 4.68 Å². The van der Waals surface area contributed by atoms with E-state index in [0.29, 0.717) is 18.8 Å². The number of rotatable bonds is 3. The molecule has 0 amide bonds. The summed E-state index contributed by atoms with van der Waals surface area (Å²) in [5, 5.41) is 4.96. The lowest BCUT2D eigenvalue weighted by atomic mass is 10.2. The summed E-state index contributed by atoms with van der Waals surface area (Å²) >= 11 is 1.44. The minimum atomic E-state index is -0.367. The van der Waals surface area contributed by atoms with Gasteiger partial charge in [-0.15, -0.1) is 0 Å². The second-order valence-corrected chi connectivity index (χ2v) is 6.84. The first-order valence-electron chi connectivity index (χ1n) is 7.52. The Morgan fingerprint density at radius 2 is 2.17 bits per heavy atom. The number of aromatic nitrogens is 3. The largest absolute Gasteiger partial charge is 0.454 e. The molecule has 8 heteroatoms. The van der Waals surface area contributed by atoms with Crippen molar-refractivity contribution in [3.63, 3.8) is 0 Å². The maximum atomic E-state index is 13.2. The molecule has 4 rings (SSSR count). The van der Waals surface area contributed by atoms with Crippen molar-refractivity contribution in [1.82, 2.24) is 14.8 Å². The van der Waals surface area contributed by atoms with Crippen molar-refractivity contribution in [2.45, 2.75) is 13.0 Å². The van der Waals surface area contributed by atoms with Crippen molar-refractivity contribution in [3.8, 4) is 0 Å². The summed E-state index contributed by atoms with van der Waals surface area (Å²) in [6.45, 7) is 3.01. The van der Waals surface area contributed by atoms with Gasteiger partial charge >= 0.3 is 5.97 Å². The van der Waals surface area contributed by atoms with E-state index in [2.05, 4.69) is 10.1 Å². The number of halogens is 1. The Kier molecular flexibility index (Phi) is 3.49. The van der Waals surface area contributed by atoms with Crippen molar-refractivity contribution in [2.75, 3.05) is 18.0 Å². The number of carbonyl (C=O) groups excluding carboxylic acids is 1. The standard InChI is InChI=1S/C16H15FN4O2S/c1-9-5-13(20(2)19-9)15(22)23-11-7-21(8-11)16-18-12-4-3-10(17)6-14(12)24-16/h3-6,11H,7-8H2,1-2H3. The minimum absolute atomic E-state index is 0.170. The van der Waals surface area contributed by atoms with E-state index in [9.17, 15) is 9.18 Å². The highest BCUT2D eigenvalue weighted by Crippen LogP contribution is 2.32. The zero-order chi connectivity index (χ0) is 16.8. The van der Waals surface area contributed by atoms with Crippen LogP contribution in [0.2, 0.25) is 0 Å².